The number of nitrogens with zero attached hydrogens (tertiary/aromatic N) is 1. The molecule has 1 aliphatic heterocycles. The number of rotatable bonds is 2. The van der Waals surface area contributed by atoms with Gasteiger partial charge in [-0.25, -0.2) is 9.37 Å². The molecule has 1 aliphatic rings. The summed E-state index contributed by atoms with van der Waals surface area (Å²) in [7, 11) is 0. The molecule has 0 saturated carbocycles. The Morgan fingerprint density at radius 2 is 2.26 bits per heavy atom. The Labute approximate surface area is 108 Å². The summed E-state index contributed by atoms with van der Waals surface area (Å²) >= 11 is 0. The molecule has 0 radical (unpaired) electrons. The van der Waals surface area contributed by atoms with E-state index < -0.39 is 24.1 Å². The van der Waals surface area contributed by atoms with E-state index in [0.717, 1.165) is 0 Å². The molecule has 6 heteroatoms. The van der Waals surface area contributed by atoms with E-state index in [2.05, 4.69) is 10.3 Å². The molecular weight excluding hydrogens is 251 g/mol. The third kappa shape index (κ3) is 2.19. The number of carboxylic acids is 1. The molecule has 0 spiro atoms. The van der Waals surface area contributed by atoms with Crippen LogP contribution < -0.4 is 5.32 Å². The van der Waals surface area contributed by atoms with Crippen molar-refractivity contribution in [2.75, 3.05) is 6.54 Å². The topological polar surface area (TPSA) is 75.4 Å². The fraction of sp³-hybridized carbons (Fsp3) is 0.385. The summed E-state index contributed by atoms with van der Waals surface area (Å²) in [5, 5.41) is 11.9. The number of benzene rings is 1. The zero-order valence-corrected chi connectivity index (χ0v) is 10.0. The zero-order valence-electron chi connectivity index (χ0n) is 10.0. The molecule has 100 valence electrons. The Kier molecular flexibility index (Phi) is 2.94. The van der Waals surface area contributed by atoms with Crippen LogP contribution in [0.25, 0.3) is 11.1 Å². The van der Waals surface area contributed by atoms with Gasteiger partial charge < -0.3 is 14.8 Å². The van der Waals surface area contributed by atoms with E-state index in [9.17, 15) is 14.3 Å². The summed E-state index contributed by atoms with van der Waals surface area (Å²) in [6, 6.07) is 6.30. The fourth-order valence-corrected chi connectivity index (χ4v) is 2.44. The second-order valence-electron chi connectivity index (χ2n) is 4.68. The average Bonchev–Trinajstić information content (AvgIpc) is 2.81. The highest BCUT2D eigenvalue weighted by atomic mass is 19.1. The van der Waals surface area contributed by atoms with Crippen molar-refractivity contribution < 1.29 is 18.7 Å². The minimum Gasteiger partial charge on any atom is -0.480 e. The van der Waals surface area contributed by atoms with Crippen LogP contribution in [0.1, 0.15) is 18.2 Å². The number of halogens is 1. The summed E-state index contributed by atoms with van der Waals surface area (Å²) in [6.45, 7) is 0.0493. The number of para-hydroxylation sites is 2. The largest absolute Gasteiger partial charge is 0.480 e. The van der Waals surface area contributed by atoms with Gasteiger partial charge in [0, 0.05) is 6.54 Å². The third-order valence-corrected chi connectivity index (χ3v) is 3.36. The molecule has 0 bridgehead atoms. The van der Waals surface area contributed by atoms with Gasteiger partial charge in [-0.05, 0) is 18.6 Å². The van der Waals surface area contributed by atoms with Gasteiger partial charge in [0.15, 0.2) is 5.58 Å². The first kappa shape index (κ1) is 12.1. The summed E-state index contributed by atoms with van der Waals surface area (Å²) in [6.07, 6.45) is -0.979. The Bertz CT molecular complexity index is 580. The maximum absolute atomic E-state index is 13.5. The molecular formula is C13H13FN2O3. The SMILES string of the molecule is O=C(O)[C@H]1NCC(F)CC1c1nc2ccccc2o1. The Morgan fingerprint density at radius 1 is 1.47 bits per heavy atom. The molecule has 1 aromatic carbocycles. The fourth-order valence-electron chi connectivity index (χ4n) is 2.44. The number of oxazole rings is 1. The molecule has 2 heterocycles. The Balaban J connectivity index is 1.99. The van der Waals surface area contributed by atoms with Crippen LogP contribution in [-0.2, 0) is 4.79 Å². The molecule has 2 unspecified atom stereocenters. The van der Waals surface area contributed by atoms with E-state index in [1.54, 1.807) is 12.1 Å². The van der Waals surface area contributed by atoms with Crippen molar-refractivity contribution in [3.63, 3.8) is 0 Å². The number of alkyl halides is 1. The number of aliphatic carboxylic acids is 1. The summed E-state index contributed by atoms with van der Waals surface area (Å²) in [5.74, 6) is -1.32. The molecule has 0 amide bonds. The molecule has 3 rings (SSSR count). The highest BCUT2D eigenvalue weighted by molar-refractivity contribution is 5.76. The van der Waals surface area contributed by atoms with Gasteiger partial charge in [-0.3, -0.25) is 4.79 Å². The minimum absolute atomic E-state index is 0.0493. The second-order valence-corrected chi connectivity index (χ2v) is 4.68. The molecule has 1 fully saturated rings. The van der Waals surface area contributed by atoms with Crippen LogP contribution >= 0.6 is 0 Å². The molecule has 5 nitrogen and oxygen atoms in total. The molecule has 19 heavy (non-hydrogen) atoms. The van der Waals surface area contributed by atoms with Crippen LogP contribution in [0.3, 0.4) is 0 Å². The molecule has 3 atom stereocenters. The van der Waals surface area contributed by atoms with Crippen LogP contribution in [0.5, 0.6) is 0 Å². The maximum Gasteiger partial charge on any atom is 0.321 e. The number of fused-ring (bicyclic) bond motifs is 1. The van der Waals surface area contributed by atoms with E-state index in [1.807, 2.05) is 12.1 Å². The predicted octanol–water partition coefficient (Wildman–Crippen LogP) is 1.70. The van der Waals surface area contributed by atoms with Gasteiger partial charge >= 0.3 is 5.97 Å². The summed E-state index contributed by atoms with van der Waals surface area (Å²) in [4.78, 5) is 15.5. The number of carbonyl (C=O) groups is 1. The monoisotopic (exact) mass is 264 g/mol. The highest BCUT2D eigenvalue weighted by Crippen LogP contribution is 2.31. The maximum atomic E-state index is 13.5. The van der Waals surface area contributed by atoms with E-state index in [-0.39, 0.29) is 18.9 Å². The average molecular weight is 264 g/mol. The number of hydrogen-bond acceptors (Lipinski definition) is 4. The van der Waals surface area contributed by atoms with Crippen molar-refractivity contribution in [2.45, 2.75) is 24.6 Å². The molecule has 2 N–H and O–H groups in total. The van der Waals surface area contributed by atoms with Crippen LogP contribution in [0.4, 0.5) is 4.39 Å². The van der Waals surface area contributed by atoms with Crippen molar-refractivity contribution >= 4 is 17.1 Å². The Morgan fingerprint density at radius 3 is 3.00 bits per heavy atom. The standard InChI is InChI=1S/C13H13FN2O3/c14-7-5-8(11(13(17)18)15-6-7)12-16-9-3-1-2-4-10(9)19-12/h1-4,7-8,11,15H,5-6H2,(H,17,18)/t7?,8?,11-/m0/s1. The highest BCUT2D eigenvalue weighted by Gasteiger charge is 2.38. The minimum atomic E-state index is -1.09. The lowest BCUT2D eigenvalue weighted by molar-refractivity contribution is -0.141. The number of piperidine rings is 1. The van der Waals surface area contributed by atoms with Gasteiger partial charge in [-0.15, -0.1) is 0 Å². The van der Waals surface area contributed by atoms with E-state index in [4.69, 9.17) is 4.42 Å². The Hall–Kier alpha value is -1.95. The van der Waals surface area contributed by atoms with Gasteiger partial charge in [0.25, 0.3) is 0 Å². The number of hydrogen-bond donors (Lipinski definition) is 2. The zero-order chi connectivity index (χ0) is 13.4. The quantitative estimate of drug-likeness (QED) is 0.863. The first-order valence-corrected chi connectivity index (χ1v) is 6.11. The normalized spacial score (nSPS) is 27.5. The molecule has 1 aromatic heterocycles. The van der Waals surface area contributed by atoms with Crippen LogP contribution in [0, 0.1) is 0 Å². The van der Waals surface area contributed by atoms with Crippen LogP contribution in [0.15, 0.2) is 28.7 Å². The lowest BCUT2D eigenvalue weighted by atomic mass is 9.90. The lowest BCUT2D eigenvalue weighted by Crippen LogP contribution is -2.49. The van der Waals surface area contributed by atoms with E-state index in [1.165, 1.54) is 0 Å². The van der Waals surface area contributed by atoms with Crippen molar-refractivity contribution in [1.82, 2.24) is 10.3 Å². The molecule has 0 aliphatic carbocycles. The summed E-state index contributed by atoms with van der Waals surface area (Å²) in [5.41, 5.74) is 1.24. The first-order chi connectivity index (χ1) is 9.15. The summed E-state index contributed by atoms with van der Waals surface area (Å²) < 4.78 is 19.0. The van der Waals surface area contributed by atoms with Gasteiger partial charge in [0.2, 0.25) is 5.89 Å². The van der Waals surface area contributed by atoms with Crippen LogP contribution in [0.2, 0.25) is 0 Å². The van der Waals surface area contributed by atoms with Crippen molar-refractivity contribution in [3.05, 3.63) is 30.2 Å². The second kappa shape index (κ2) is 4.62. The smallest absolute Gasteiger partial charge is 0.321 e. The van der Waals surface area contributed by atoms with Gasteiger partial charge in [-0.2, -0.15) is 0 Å². The number of nitrogens with one attached hydrogen (secondary N) is 1. The van der Waals surface area contributed by atoms with E-state index >= 15 is 0 Å². The van der Waals surface area contributed by atoms with Gasteiger partial charge in [0.05, 0.1) is 5.92 Å². The molecule has 2 aromatic rings. The van der Waals surface area contributed by atoms with Crippen molar-refractivity contribution in [3.8, 4) is 0 Å². The number of aromatic nitrogens is 1. The third-order valence-electron chi connectivity index (χ3n) is 3.36. The first-order valence-electron chi connectivity index (χ1n) is 6.11. The molecule has 1 saturated heterocycles. The van der Waals surface area contributed by atoms with Gasteiger partial charge in [-0.1, -0.05) is 12.1 Å². The lowest BCUT2D eigenvalue weighted by Gasteiger charge is -2.29. The number of carboxylic acid groups (broad SMARTS) is 1. The predicted molar refractivity (Wildman–Crippen MR) is 65.7 cm³/mol. The van der Waals surface area contributed by atoms with Crippen molar-refractivity contribution in [2.24, 2.45) is 0 Å². The van der Waals surface area contributed by atoms with Gasteiger partial charge in [0.1, 0.15) is 17.7 Å². The van der Waals surface area contributed by atoms with Crippen LogP contribution in [-0.4, -0.2) is 34.8 Å². The van der Waals surface area contributed by atoms with E-state index in [0.29, 0.717) is 11.1 Å². The van der Waals surface area contributed by atoms with Crippen molar-refractivity contribution in [1.29, 1.82) is 0 Å².